The number of rotatable bonds is 5. The second kappa shape index (κ2) is 10.1. The fraction of sp³-hybridized carbons (Fsp3) is 0.462. The van der Waals surface area contributed by atoms with E-state index < -0.39 is 63.8 Å². The molecule has 3 aliphatic carbocycles. The van der Waals surface area contributed by atoms with Crippen LogP contribution in [0.1, 0.15) is 50.3 Å². The quantitative estimate of drug-likeness (QED) is 0.155. The molecule has 4 rings (SSSR count). The lowest BCUT2D eigenvalue weighted by atomic mass is 9.59. The predicted octanol–water partition coefficient (Wildman–Crippen LogP) is 2.85. The van der Waals surface area contributed by atoms with Crippen LogP contribution >= 0.6 is 23.0 Å². The molecular weight excluding hydrogens is 625 g/mol. The van der Waals surface area contributed by atoms with Crippen molar-refractivity contribution in [3.63, 3.8) is 0 Å². The molecule has 1 aromatic rings. The molecular formula is C26H30IN3O9. The molecule has 1 aromatic carbocycles. The van der Waals surface area contributed by atoms with E-state index in [2.05, 4.69) is 5.32 Å². The van der Waals surface area contributed by atoms with Crippen molar-refractivity contribution in [3.8, 4) is 5.75 Å². The SMILES string of the molecule is CC(C)(C)COC(=O)Nc1cc(CN)c2c(c1O)C(O)=C1C(=O)[C@]3(OI)C(O)=C(C(N)=O)C(=O)C[C@@H]3C[C@@H]1C2. The van der Waals surface area contributed by atoms with Crippen LogP contribution in [0.3, 0.4) is 0 Å². The Bertz CT molecular complexity index is 1360. The van der Waals surface area contributed by atoms with Crippen LogP contribution in [0, 0.1) is 17.3 Å². The van der Waals surface area contributed by atoms with Gasteiger partial charge < -0.3 is 31.5 Å². The summed E-state index contributed by atoms with van der Waals surface area (Å²) in [7, 11) is 0. The van der Waals surface area contributed by atoms with Gasteiger partial charge >= 0.3 is 6.09 Å². The molecule has 3 atom stereocenters. The van der Waals surface area contributed by atoms with Gasteiger partial charge in [-0.2, -0.15) is 0 Å². The molecule has 0 unspecified atom stereocenters. The number of hydrogen-bond donors (Lipinski definition) is 6. The molecule has 12 nitrogen and oxygen atoms in total. The zero-order valence-electron chi connectivity index (χ0n) is 21.6. The summed E-state index contributed by atoms with van der Waals surface area (Å²) in [5.74, 6) is -6.20. The number of phenols is 1. The minimum absolute atomic E-state index is 0.00811. The number of aromatic hydroxyl groups is 1. The lowest BCUT2D eigenvalue weighted by molar-refractivity contribution is -0.140. The third kappa shape index (κ3) is 4.65. The van der Waals surface area contributed by atoms with Crippen LogP contribution in [0.2, 0.25) is 0 Å². The number of nitrogens with two attached hydrogens (primary N) is 2. The largest absolute Gasteiger partial charge is 0.508 e. The molecule has 0 spiro atoms. The van der Waals surface area contributed by atoms with Crippen molar-refractivity contribution in [2.75, 3.05) is 11.9 Å². The predicted molar refractivity (Wildman–Crippen MR) is 147 cm³/mol. The Morgan fingerprint density at radius 2 is 1.87 bits per heavy atom. The molecule has 0 radical (unpaired) electrons. The molecule has 1 fully saturated rings. The van der Waals surface area contributed by atoms with E-state index in [1.54, 1.807) is 0 Å². The summed E-state index contributed by atoms with van der Waals surface area (Å²) in [6.45, 7) is 5.73. The second-order valence-corrected chi connectivity index (χ2v) is 11.6. The number of phenolic OH excluding ortho intramolecular Hbond substituents is 1. The summed E-state index contributed by atoms with van der Waals surface area (Å²) >= 11 is 1.41. The minimum Gasteiger partial charge on any atom is -0.508 e. The van der Waals surface area contributed by atoms with Gasteiger partial charge in [0.25, 0.3) is 5.91 Å². The van der Waals surface area contributed by atoms with Crippen molar-refractivity contribution in [3.05, 3.63) is 39.7 Å². The Labute approximate surface area is 238 Å². The highest BCUT2D eigenvalue weighted by Gasteiger charge is 2.62. The Kier molecular flexibility index (Phi) is 7.46. The third-order valence-corrected chi connectivity index (χ3v) is 8.03. The van der Waals surface area contributed by atoms with Crippen LogP contribution in [0.5, 0.6) is 5.75 Å². The monoisotopic (exact) mass is 655 g/mol. The van der Waals surface area contributed by atoms with E-state index in [0.29, 0.717) is 11.1 Å². The van der Waals surface area contributed by atoms with E-state index in [0.717, 1.165) is 0 Å². The minimum atomic E-state index is -2.13. The van der Waals surface area contributed by atoms with Gasteiger partial charge in [0, 0.05) is 24.5 Å². The number of carbonyl (C=O) groups excluding carboxylic acids is 4. The molecule has 0 bridgehead atoms. The van der Waals surface area contributed by atoms with Crippen LogP contribution in [-0.4, -0.2) is 51.1 Å². The van der Waals surface area contributed by atoms with Crippen molar-refractivity contribution in [2.45, 2.75) is 52.2 Å². The number of anilines is 1. The van der Waals surface area contributed by atoms with Crippen LogP contribution in [0.4, 0.5) is 10.5 Å². The van der Waals surface area contributed by atoms with Crippen molar-refractivity contribution in [1.29, 1.82) is 0 Å². The molecule has 3 aliphatic rings. The number of primary amides is 1. The Balaban J connectivity index is 1.84. The number of aliphatic hydroxyl groups is 2. The molecule has 0 aromatic heterocycles. The molecule has 0 saturated heterocycles. The average molecular weight is 655 g/mol. The van der Waals surface area contributed by atoms with E-state index >= 15 is 0 Å². The number of halogens is 1. The second-order valence-electron chi connectivity index (χ2n) is 11.2. The van der Waals surface area contributed by atoms with Gasteiger partial charge in [-0.25, -0.2) is 4.79 Å². The summed E-state index contributed by atoms with van der Waals surface area (Å²) in [6, 6.07) is 1.48. The molecule has 13 heteroatoms. The number of amides is 2. The van der Waals surface area contributed by atoms with Crippen molar-refractivity contribution in [2.24, 2.45) is 28.7 Å². The van der Waals surface area contributed by atoms with Crippen molar-refractivity contribution >= 4 is 58.0 Å². The molecule has 2 amide bonds. The number of aliphatic hydroxyl groups excluding tert-OH is 2. The number of Topliss-reactive ketones (excluding diaryl/α,β-unsaturated/α-hetero) is 2. The number of ether oxygens (including phenoxy) is 1. The van der Waals surface area contributed by atoms with Gasteiger partial charge in [0.15, 0.2) is 5.78 Å². The van der Waals surface area contributed by atoms with Gasteiger partial charge in [-0.3, -0.25) is 22.8 Å². The van der Waals surface area contributed by atoms with E-state index in [-0.39, 0.29) is 54.7 Å². The summed E-state index contributed by atoms with van der Waals surface area (Å²) in [5, 5.41) is 35.9. The number of fused-ring (bicyclic) bond motifs is 3. The van der Waals surface area contributed by atoms with E-state index in [4.69, 9.17) is 19.3 Å². The van der Waals surface area contributed by atoms with Gasteiger partial charge in [0.05, 0.1) is 17.9 Å². The highest BCUT2D eigenvalue weighted by Crippen LogP contribution is 2.55. The normalized spacial score (nSPS) is 24.6. The lowest BCUT2D eigenvalue weighted by Crippen LogP contribution is -2.58. The fourth-order valence-electron chi connectivity index (χ4n) is 5.59. The maximum atomic E-state index is 14.0. The van der Waals surface area contributed by atoms with Gasteiger partial charge in [-0.15, -0.1) is 0 Å². The summed E-state index contributed by atoms with van der Waals surface area (Å²) in [6.07, 6.45) is -0.800. The smallest absolute Gasteiger partial charge is 0.411 e. The van der Waals surface area contributed by atoms with Crippen molar-refractivity contribution in [1.82, 2.24) is 0 Å². The molecule has 0 aliphatic heterocycles. The first-order chi connectivity index (χ1) is 18.2. The average Bonchev–Trinajstić information content (AvgIpc) is 2.83. The van der Waals surface area contributed by atoms with E-state index in [1.165, 1.54) is 29.1 Å². The molecule has 8 N–H and O–H groups in total. The standard InChI is InChI=1S/C26H30IN3O9/c1-25(2,3)9-38-24(37)30-14-6-11(8-28)13-5-10-4-12-7-15(31)18(23(29)36)22(35)26(12,39-27)21(34)16(10)20(33)17(13)19(14)32/h6,10,12,32-33,35H,4-5,7-9,28H2,1-3H3,(H2,29,36)(H,30,37)/t10-,12+,26+/m1/s1. The summed E-state index contributed by atoms with van der Waals surface area (Å²) in [4.78, 5) is 50.9. The summed E-state index contributed by atoms with van der Waals surface area (Å²) < 4.78 is 10.7. The topological polar surface area (TPSA) is 211 Å². The number of ketones is 2. The third-order valence-electron chi connectivity index (χ3n) is 7.34. The van der Waals surface area contributed by atoms with Crippen LogP contribution < -0.4 is 16.8 Å². The number of benzene rings is 1. The van der Waals surface area contributed by atoms with Gasteiger partial charge in [-0.1, -0.05) is 20.8 Å². The number of carbonyl (C=O) groups is 4. The highest BCUT2D eigenvalue weighted by atomic mass is 127. The maximum absolute atomic E-state index is 14.0. The number of nitrogens with one attached hydrogen (secondary N) is 1. The van der Waals surface area contributed by atoms with Crippen LogP contribution in [-0.2, 0) is 35.2 Å². The van der Waals surface area contributed by atoms with Gasteiger partial charge in [-0.05, 0) is 41.4 Å². The Morgan fingerprint density at radius 3 is 2.44 bits per heavy atom. The first-order valence-electron chi connectivity index (χ1n) is 12.2. The zero-order valence-corrected chi connectivity index (χ0v) is 23.7. The van der Waals surface area contributed by atoms with E-state index in [9.17, 15) is 34.5 Å². The molecule has 0 heterocycles. The Hall–Kier alpha value is -3.17. The van der Waals surface area contributed by atoms with Gasteiger partial charge in [0.1, 0.15) is 45.8 Å². The first kappa shape index (κ1) is 28.8. The Morgan fingerprint density at radius 1 is 1.21 bits per heavy atom. The zero-order chi connectivity index (χ0) is 29.0. The lowest BCUT2D eigenvalue weighted by Gasteiger charge is -2.47. The molecule has 39 heavy (non-hydrogen) atoms. The fourth-order valence-corrected chi connectivity index (χ4v) is 6.36. The van der Waals surface area contributed by atoms with Crippen LogP contribution in [0.25, 0.3) is 5.76 Å². The maximum Gasteiger partial charge on any atom is 0.411 e. The van der Waals surface area contributed by atoms with Crippen molar-refractivity contribution < 1.29 is 42.3 Å². The first-order valence-corrected chi connectivity index (χ1v) is 13.1. The number of hydrogen-bond acceptors (Lipinski definition) is 10. The van der Waals surface area contributed by atoms with Gasteiger partial charge in [0.2, 0.25) is 11.4 Å². The molecule has 210 valence electrons. The molecule has 1 saturated carbocycles. The van der Waals surface area contributed by atoms with E-state index in [1.807, 2.05) is 20.8 Å². The van der Waals surface area contributed by atoms with Crippen LogP contribution in [0.15, 0.2) is 23.0 Å². The highest BCUT2D eigenvalue weighted by molar-refractivity contribution is 14.1. The summed E-state index contributed by atoms with van der Waals surface area (Å²) in [5.41, 5.74) is 8.78.